The SMILES string of the molecule is CC1(C)CCC(Nc2ccnc(C#N)c2)CC1. The van der Waals surface area contributed by atoms with Gasteiger partial charge in [0.15, 0.2) is 0 Å². The van der Waals surface area contributed by atoms with E-state index in [-0.39, 0.29) is 0 Å². The molecule has 1 aliphatic carbocycles. The molecule has 0 saturated heterocycles. The van der Waals surface area contributed by atoms with Crippen molar-refractivity contribution < 1.29 is 0 Å². The van der Waals surface area contributed by atoms with E-state index >= 15 is 0 Å². The molecule has 0 aliphatic heterocycles. The van der Waals surface area contributed by atoms with Crippen molar-refractivity contribution in [3.8, 4) is 6.07 Å². The summed E-state index contributed by atoms with van der Waals surface area (Å²) in [6.07, 6.45) is 6.63. The second-order valence-corrected chi connectivity index (χ2v) is 5.62. The lowest BCUT2D eigenvalue weighted by atomic mass is 9.75. The Bertz CT molecular complexity index is 421. The maximum atomic E-state index is 8.80. The molecule has 90 valence electrons. The number of anilines is 1. The molecule has 0 bridgehead atoms. The highest BCUT2D eigenvalue weighted by Gasteiger charge is 2.26. The van der Waals surface area contributed by atoms with Crippen molar-refractivity contribution in [2.75, 3.05) is 5.32 Å². The first-order valence-electron chi connectivity index (χ1n) is 6.22. The van der Waals surface area contributed by atoms with Gasteiger partial charge < -0.3 is 5.32 Å². The molecule has 1 aliphatic rings. The van der Waals surface area contributed by atoms with Crippen LogP contribution in [0.5, 0.6) is 0 Å². The molecule has 3 heteroatoms. The summed E-state index contributed by atoms with van der Waals surface area (Å²) in [5.74, 6) is 0. The molecule has 0 unspecified atom stereocenters. The first-order valence-corrected chi connectivity index (χ1v) is 6.22. The number of hydrogen-bond acceptors (Lipinski definition) is 3. The summed E-state index contributed by atoms with van der Waals surface area (Å²) >= 11 is 0. The van der Waals surface area contributed by atoms with Gasteiger partial charge in [0.1, 0.15) is 11.8 Å². The lowest BCUT2D eigenvalue weighted by Crippen LogP contribution is -2.29. The van der Waals surface area contributed by atoms with E-state index in [0.29, 0.717) is 17.2 Å². The van der Waals surface area contributed by atoms with Gasteiger partial charge in [-0.1, -0.05) is 13.8 Å². The van der Waals surface area contributed by atoms with Crippen LogP contribution < -0.4 is 5.32 Å². The second kappa shape index (κ2) is 4.75. The van der Waals surface area contributed by atoms with Gasteiger partial charge in [-0.15, -0.1) is 0 Å². The van der Waals surface area contributed by atoms with Crippen LogP contribution in [-0.2, 0) is 0 Å². The van der Waals surface area contributed by atoms with E-state index < -0.39 is 0 Å². The number of hydrogen-bond donors (Lipinski definition) is 1. The third-order valence-electron chi connectivity index (χ3n) is 3.58. The molecule has 1 saturated carbocycles. The molecule has 1 aromatic rings. The first kappa shape index (κ1) is 11.9. The normalized spacial score (nSPS) is 19.6. The van der Waals surface area contributed by atoms with Gasteiger partial charge in [0.25, 0.3) is 0 Å². The number of nitrogens with one attached hydrogen (secondary N) is 1. The van der Waals surface area contributed by atoms with Crippen LogP contribution in [-0.4, -0.2) is 11.0 Å². The van der Waals surface area contributed by atoms with Crippen LogP contribution in [0.1, 0.15) is 45.2 Å². The summed E-state index contributed by atoms with van der Waals surface area (Å²) in [5, 5.41) is 12.3. The fraction of sp³-hybridized carbons (Fsp3) is 0.571. The summed E-state index contributed by atoms with van der Waals surface area (Å²) in [7, 11) is 0. The molecule has 0 atom stereocenters. The van der Waals surface area contributed by atoms with Crippen LogP contribution in [0.15, 0.2) is 18.3 Å². The molecule has 0 spiro atoms. The van der Waals surface area contributed by atoms with Gasteiger partial charge in [0, 0.05) is 17.9 Å². The van der Waals surface area contributed by atoms with Crippen LogP contribution in [0.3, 0.4) is 0 Å². The van der Waals surface area contributed by atoms with Crippen LogP contribution in [0.4, 0.5) is 5.69 Å². The lowest BCUT2D eigenvalue weighted by molar-refractivity contribution is 0.232. The maximum Gasteiger partial charge on any atom is 0.142 e. The quantitative estimate of drug-likeness (QED) is 0.846. The van der Waals surface area contributed by atoms with Gasteiger partial charge in [-0.25, -0.2) is 4.98 Å². The van der Waals surface area contributed by atoms with Gasteiger partial charge in [-0.2, -0.15) is 5.26 Å². The van der Waals surface area contributed by atoms with E-state index in [4.69, 9.17) is 5.26 Å². The van der Waals surface area contributed by atoms with Gasteiger partial charge >= 0.3 is 0 Å². The first-order chi connectivity index (χ1) is 8.09. The summed E-state index contributed by atoms with van der Waals surface area (Å²) < 4.78 is 0. The Balaban J connectivity index is 1.96. The average molecular weight is 229 g/mol. The largest absolute Gasteiger partial charge is 0.382 e. The van der Waals surface area contributed by atoms with Crippen molar-refractivity contribution in [3.05, 3.63) is 24.0 Å². The molecule has 0 aromatic carbocycles. The molecule has 0 amide bonds. The number of nitriles is 1. The standard InChI is InChI=1S/C14H19N3/c1-14(2)6-3-11(4-7-14)17-12-5-8-16-13(9-12)10-15/h5,8-9,11H,3-4,6-7H2,1-2H3,(H,16,17). The van der Waals surface area contributed by atoms with Gasteiger partial charge in [0.2, 0.25) is 0 Å². The Kier molecular flexibility index (Phi) is 3.33. The van der Waals surface area contributed by atoms with Crippen molar-refractivity contribution in [3.63, 3.8) is 0 Å². The Labute approximate surface area is 103 Å². The second-order valence-electron chi connectivity index (χ2n) is 5.62. The highest BCUT2D eigenvalue weighted by atomic mass is 14.9. The summed E-state index contributed by atoms with van der Waals surface area (Å²) in [4.78, 5) is 3.97. The smallest absolute Gasteiger partial charge is 0.142 e. The van der Waals surface area contributed by atoms with E-state index in [2.05, 4.69) is 30.2 Å². The summed E-state index contributed by atoms with van der Waals surface area (Å²) in [5.41, 5.74) is 1.99. The fourth-order valence-corrected chi connectivity index (χ4v) is 2.36. The Morgan fingerprint density at radius 2 is 2.12 bits per heavy atom. The average Bonchev–Trinajstić information content (AvgIpc) is 2.32. The zero-order valence-electron chi connectivity index (χ0n) is 10.5. The zero-order chi connectivity index (χ0) is 12.3. The topological polar surface area (TPSA) is 48.7 Å². The number of aromatic nitrogens is 1. The lowest BCUT2D eigenvalue weighted by Gasteiger charge is -2.35. The van der Waals surface area contributed by atoms with E-state index in [1.807, 2.05) is 12.1 Å². The highest BCUT2D eigenvalue weighted by Crippen LogP contribution is 2.36. The summed E-state index contributed by atoms with van der Waals surface area (Å²) in [6, 6.07) is 6.36. The minimum Gasteiger partial charge on any atom is -0.382 e. The fourth-order valence-electron chi connectivity index (χ4n) is 2.36. The molecule has 0 radical (unpaired) electrons. The highest BCUT2D eigenvalue weighted by molar-refractivity contribution is 5.46. The number of nitrogens with zero attached hydrogens (tertiary/aromatic N) is 2. The van der Waals surface area contributed by atoms with Crippen LogP contribution >= 0.6 is 0 Å². The Hall–Kier alpha value is -1.56. The summed E-state index contributed by atoms with van der Waals surface area (Å²) in [6.45, 7) is 4.67. The van der Waals surface area contributed by atoms with E-state index in [1.165, 1.54) is 25.7 Å². The Morgan fingerprint density at radius 3 is 2.76 bits per heavy atom. The molecule has 17 heavy (non-hydrogen) atoms. The predicted molar refractivity (Wildman–Crippen MR) is 68.6 cm³/mol. The van der Waals surface area contributed by atoms with Crippen LogP contribution in [0, 0.1) is 16.7 Å². The van der Waals surface area contributed by atoms with Crippen molar-refractivity contribution >= 4 is 5.69 Å². The molecular formula is C14H19N3. The van der Waals surface area contributed by atoms with Gasteiger partial charge in [-0.05, 0) is 43.2 Å². The third-order valence-corrected chi connectivity index (χ3v) is 3.58. The zero-order valence-corrected chi connectivity index (χ0v) is 10.5. The third kappa shape index (κ3) is 3.20. The molecular weight excluding hydrogens is 210 g/mol. The number of rotatable bonds is 2. The maximum absolute atomic E-state index is 8.80. The van der Waals surface area contributed by atoms with Crippen LogP contribution in [0.2, 0.25) is 0 Å². The van der Waals surface area contributed by atoms with Gasteiger partial charge in [0.05, 0.1) is 0 Å². The molecule has 1 heterocycles. The van der Waals surface area contributed by atoms with E-state index in [0.717, 1.165) is 5.69 Å². The monoisotopic (exact) mass is 229 g/mol. The van der Waals surface area contributed by atoms with E-state index in [9.17, 15) is 0 Å². The van der Waals surface area contributed by atoms with Crippen molar-refractivity contribution in [1.29, 1.82) is 5.26 Å². The van der Waals surface area contributed by atoms with Crippen molar-refractivity contribution in [2.45, 2.75) is 45.6 Å². The number of pyridine rings is 1. The molecule has 1 N–H and O–H groups in total. The molecule has 1 fully saturated rings. The predicted octanol–water partition coefficient (Wildman–Crippen LogP) is 3.33. The van der Waals surface area contributed by atoms with Crippen molar-refractivity contribution in [1.82, 2.24) is 4.98 Å². The molecule has 2 rings (SSSR count). The van der Waals surface area contributed by atoms with Crippen LogP contribution in [0.25, 0.3) is 0 Å². The van der Waals surface area contributed by atoms with E-state index in [1.54, 1.807) is 6.20 Å². The Morgan fingerprint density at radius 1 is 1.41 bits per heavy atom. The van der Waals surface area contributed by atoms with Gasteiger partial charge in [-0.3, -0.25) is 0 Å². The minimum absolute atomic E-state index is 0.478. The van der Waals surface area contributed by atoms with Crippen molar-refractivity contribution in [2.24, 2.45) is 5.41 Å². The molecule has 3 nitrogen and oxygen atoms in total. The molecule has 1 aromatic heterocycles. The minimum atomic E-state index is 0.478.